The lowest BCUT2D eigenvalue weighted by Gasteiger charge is -2.16. The van der Waals surface area contributed by atoms with Crippen LogP contribution in [-0.4, -0.2) is 23.7 Å². The molecule has 0 saturated heterocycles. The van der Waals surface area contributed by atoms with Gasteiger partial charge in [-0.05, 0) is 31.0 Å². The minimum atomic E-state index is -4.46. The van der Waals surface area contributed by atoms with Crippen molar-refractivity contribution in [3.05, 3.63) is 35.4 Å². The fraction of sp³-hybridized carbons (Fsp3) is 0.500. The van der Waals surface area contributed by atoms with Gasteiger partial charge in [0.15, 0.2) is 0 Å². The predicted molar refractivity (Wildman–Crippen MR) is 72.7 cm³/mol. The molecular weight excluding hydrogens is 285 g/mol. The van der Waals surface area contributed by atoms with Gasteiger partial charge in [0.05, 0.1) is 11.7 Å². The molecular formula is C14H19F3N2O2. The van der Waals surface area contributed by atoms with E-state index in [0.29, 0.717) is 0 Å². The molecule has 2 atom stereocenters. The molecule has 0 heterocycles. The SMILES string of the molecule is CCC(C)NC(=O)NCC(O)c1cccc(C(F)(F)F)c1. The van der Waals surface area contributed by atoms with Gasteiger partial charge in [0, 0.05) is 12.6 Å². The van der Waals surface area contributed by atoms with Crippen LogP contribution >= 0.6 is 0 Å². The molecule has 1 rings (SSSR count). The Morgan fingerprint density at radius 3 is 2.62 bits per heavy atom. The molecule has 0 aromatic heterocycles. The van der Waals surface area contributed by atoms with Crippen molar-refractivity contribution in [1.82, 2.24) is 10.6 Å². The first kappa shape index (κ1) is 17.3. The van der Waals surface area contributed by atoms with Gasteiger partial charge in [0.2, 0.25) is 0 Å². The van der Waals surface area contributed by atoms with Crippen LogP contribution in [0.3, 0.4) is 0 Å². The van der Waals surface area contributed by atoms with Crippen molar-refractivity contribution >= 4 is 6.03 Å². The highest BCUT2D eigenvalue weighted by Crippen LogP contribution is 2.30. The highest BCUT2D eigenvalue weighted by Gasteiger charge is 2.30. The van der Waals surface area contributed by atoms with Crippen LogP contribution in [0.2, 0.25) is 0 Å². The van der Waals surface area contributed by atoms with Gasteiger partial charge in [-0.25, -0.2) is 4.79 Å². The number of hydrogen-bond acceptors (Lipinski definition) is 2. The van der Waals surface area contributed by atoms with E-state index in [1.807, 2.05) is 13.8 Å². The third-order valence-corrected chi connectivity index (χ3v) is 3.04. The number of benzene rings is 1. The highest BCUT2D eigenvalue weighted by atomic mass is 19.4. The van der Waals surface area contributed by atoms with Crippen LogP contribution in [0.25, 0.3) is 0 Å². The number of carbonyl (C=O) groups is 1. The third kappa shape index (κ3) is 5.63. The molecule has 0 bridgehead atoms. The summed E-state index contributed by atoms with van der Waals surface area (Å²) in [6, 6.07) is 3.93. The van der Waals surface area contributed by atoms with Crippen LogP contribution in [0.5, 0.6) is 0 Å². The van der Waals surface area contributed by atoms with Crippen molar-refractivity contribution in [2.45, 2.75) is 38.6 Å². The number of hydrogen-bond donors (Lipinski definition) is 3. The van der Waals surface area contributed by atoms with Crippen molar-refractivity contribution < 1.29 is 23.1 Å². The molecule has 0 aliphatic heterocycles. The zero-order chi connectivity index (χ0) is 16.0. The summed E-state index contributed by atoms with van der Waals surface area (Å²) in [5.41, 5.74) is -0.725. The minimum absolute atomic E-state index is 0.0179. The molecule has 2 unspecified atom stereocenters. The normalized spacial score (nSPS) is 14.4. The molecule has 1 aromatic carbocycles. The predicted octanol–water partition coefficient (Wildman–Crippen LogP) is 2.84. The number of nitrogens with one attached hydrogen (secondary N) is 2. The van der Waals surface area contributed by atoms with E-state index in [9.17, 15) is 23.1 Å². The molecule has 118 valence electrons. The monoisotopic (exact) mass is 304 g/mol. The third-order valence-electron chi connectivity index (χ3n) is 3.04. The first-order valence-electron chi connectivity index (χ1n) is 6.63. The molecule has 0 aliphatic rings. The Morgan fingerprint density at radius 1 is 1.38 bits per heavy atom. The minimum Gasteiger partial charge on any atom is -0.387 e. The van der Waals surface area contributed by atoms with Crippen molar-refractivity contribution in [2.24, 2.45) is 0 Å². The van der Waals surface area contributed by atoms with Gasteiger partial charge < -0.3 is 15.7 Å². The quantitative estimate of drug-likeness (QED) is 0.783. The Kier molecular flexibility index (Phi) is 6.02. The fourth-order valence-electron chi connectivity index (χ4n) is 1.61. The molecule has 4 nitrogen and oxygen atoms in total. The molecule has 0 fully saturated rings. The van der Waals surface area contributed by atoms with E-state index in [0.717, 1.165) is 18.6 Å². The molecule has 21 heavy (non-hydrogen) atoms. The Bertz CT molecular complexity index is 478. The smallest absolute Gasteiger partial charge is 0.387 e. The maximum Gasteiger partial charge on any atom is 0.416 e. The molecule has 0 aliphatic carbocycles. The van der Waals surface area contributed by atoms with Crippen LogP contribution in [-0.2, 0) is 6.18 Å². The second kappa shape index (κ2) is 7.31. The van der Waals surface area contributed by atoms with Crippen LogP contribution in [0, 0.1) is 0 Å². The number of aliphatic hydroxyl groups excluding tert-OH is 1. The van der Waals surface area contributed by atoms with E-state index in [1.165, 1.54) is 12.1 Å². The average molecular weight is 304 g/mol. The first-order chi connectivity index (χ1) is 9.74. The largest absolute Gasteiger partial charge is 0.416 e. The van der Waals surface area contributed by atoms with E-state index in [4.69, 9.17) is 0 Å². The summed E-state index contributed by atoms with van der Waals surface area (Å²) in [6.45, 7) is 3.56. The van der Waals surface area contributed by atoms with Gasteiger partial charge in [-0.1, -0.05) is 19.1 Å². The van der Waals surface area contributed by atoms with Crippen LogP contribution in [0.4, 0.5) is 18.0 Å². The Hall–Kier alpha value is -1.76. The van der Waals surface area contributed by atoms with Gasteiger partial charge in [-0.2, -0.15) is 13.2 Å². The van der Waals surface area contributed by atoms with Crippen molar-refractivity contribution in [2.75, 3.05) is 6.54 Å². The molecule has 0 saturated carbocycles. The lowest BCUT2D eigenvalue weighted by atomic mass is 10.1. The standard InChI is InChI=1S/C14H19F3N2O2/c1-3-9(2)19-13(21)18-8-12(20)10-5-4-6-11(7-10)14(15,16)17/h4-7,9,12,20H,3,8H2,1-2H3,(H2,18,19,21). The summed E-state index contributed by atoms with van der Waals surface area (Å²) in [5, 5.41) is 14.9. The number of urea groups is 1. The van der Waals surface area contributed by atoms with Crippen molar-refractivity contribution in [3.63, 3.8) is 0 Å². The fourth-order valence-corrected chi connectivity index (χ4v) is 1.61. The van der Waals surface area contributed by atoms with Gasteiger partial charge in [-0.15, -0.1) is 0 Å². The summed E-state index contributed by atoms with van der Waals surface area (Å²) >= 11 is 0. The maximum atomic E-state index is 12.6. The lowest BCUT2D eigenvalue weighted by molar-refractivity contribution is -0.137. The van der Waals surface area contributed by atoms with Crippen molar-refractivity contribution in [3.8, 4) is 0 Å². The molecule has 0 radical (unpaired) electrons. The highest BCUT2D eigenvalue weighted by molar-refractivity contribution is 5.74. The van der Waals surface area contributed by atoms with Crippen LogP contribution in [0.15, 0.2) is 24.3 Å². The first-order valence-corrected chi connectivity index (χ1v) is 6.63. The zero-order valence-corrected chi connectivity index (χ0v) is 11.9. The molecule has 7 heteroatoms. The van der Waals surface area contributed by atoms with E-state index >= 15 is 0 Å². The van der Waals surface area contributed by atoms with Gasteiger partial charge in [0.1, 0.15) is 0 Å². The van der Waals surface area contributed by atoms with Gasteiger partial charge in [-0.3, -0.25) is 0 Å². The summed E-state index contributed by atoms with van der Waals surface area (Å²) in [4.78, 5) is 11.5. The number of amides is 2. The Morgan fingerprint density at radius 2 is 2.05 bits per heavy atom. The molecule has 3 N–H and O–H groups in total. The topological polar surface area (TPSA) is 61.4 Å². The average Bonchev–Trinajstić information content (AvgIpc) is 2.43. The zero-order valence-electron chi connectivity index (χ0n) is 11.9. The summed E-state index contributed by atoms with van der Waals surface area (Å²) < 4.78 is 37.7. The van der Waals surface area contributed by atoms with Gasteiger partial charge in [0.25, 0.3) is 0 Å². The molecule has 1 aromatic rings. The van der Waals surface area contributed by atoms with E-state index in [1.54, 1.807) is 0 Å². The summed E-state index contributed by atoms with van der Waals surface area (Å²) in [6.07, 6.45) is -4.91. The van der Waals surface area contributed by atoms with Crippen molar-refractivity contribution in [1.29, 1.82) is 0 Å². The molecule has 2 amide bonds. The Labute approximate surface area is 121 Å². The number of rotatable bonds is 5. The van der Waals surface area contributed by atoms with Gasteiger partial charge >= 0.3 is 12.2 Å². The summed E-state index contributed by atoms with van der Waals surface area (Å²) in [5.74, 6) is 0. The Balaban J connectivity index is 2.60. The van der Waals surface area contributed by atoms with E-state index < -0.39 is 23.9 Å². The number of halogens is 3. The van der Waals surface area contributed by atoms with E-state index in [2.05, 4.69) is 10.6 Å². The number of aliphatic hydroxyl groups is 1. The van der Waals surface area contributed by atoms with E-state index in [-0.39, 0.29) is 18.2 Å². The summed E-state index contributed by atoms with van der Waals surface area (Å²) in [7, 11) is 0. The number of carbonyl (C=O) groups excluding carboxylic acids is 1. The lowest BCUT2D eigenvalue weighted by Crippen LogP contribution is -2.42. The second-order valence-electron chi connectivity index (χ2n) is 4.80. The second-order valence-corrected chi connectivity index (χ2v) is 4.80. The van der Waals surface area contributed by atoms with Crippen LogP contribution in [0.1, 0.15) is 37.5 Å². The maximum absolute atomic E-state index is 12.6. The molecule has 0 spiro atoms. The van der Waals surface area contributed by atoms with Crippen LogP contribution < -0.4 is 10.6 Å². The number of alkyl halides is 3.